The molecule has 3 aliphatic rings. The molecule has 0 aromatic carbocycles. The number of hydrogen-bond acceptors (Lipinski definition) is 6. The summed E-state index contributed by atoms with van der Waals surface area (Å²) in [7, 11) is 0. The minimum Gasteiger partial charge on any atom is -0.394 e. The second-order valence-corrected chi connectivity index (χ2v) is 5.69. The third kappa shape index (κ3) is 3.37. The molecule has 1 aliphatic heterocycles. The van der Waals surface area contributed by atoms with E-state index < -0.39 is 37.3 Å². The van der Waals surface area contributed by atoms with Crippen molar-refractivity contribution in [3.05, 3.63) is 48.0 Å². The highest BCUT2D eigenvalue weighted by Gasteiger charge is 2.43. The number of aliphatic hydroxyl groups excluding tert-OH is 4. The van der Waals surface area contributed by atoms with Crippen LogP contribution in [0.25, 0.3) is 11.1 Å². The van der Waals surface area contributed by atoms with Gasteiger partial charge in [-0.1, -0.05) is 30.3 Å². The van der Waals surface area contributed by atoms with E-state index in [9.17, 15) is 15.3 Å². The van der Waals surface area contributed by atoms with E-state index >= 15 is 0 Å². The third-order valence-electron chi connectivity index (χ3n) is 4.05. The Hall–Kier alpha value is -1.54. The van der Waals surface area contributed by atoms with Crippen molar-refractivity contribution in [1.29, 1.82) is 0 Å². The maximum absolute atomic E-state index is 9.93. The molecule has 0 amide bonds. The van der Waals surface area contributed by atoms with Gasteiger partial charge in [0.05, 0.1) is 13.2 Å². The van der Waals surface area contributed by atoms with Crippen molar-refractivity contribution >= 4 is 0 Å². The highest BCUT2D eigenvalue weighted by molar-refractivity contribution is 5.67. The zero-order chi connectivity index (χ0) is 16.4. The Morgan fingerprint density at radius 3 is 2.17 bits per heavy atom. The monoisotopic (exact) mass is 320 g/mol. The van der Waals surface area contributed by atoms with Crippen LogP contribution in [0, 0.1) is 0 Å². The smallest absolute Gasteiger partial charge is 0.187 e. The molecule has 0 radical (unpaired) electrons. The van der Waals surface area contributed by atoms with Gasteiger partial charge in [-0.3, -0.25) is 0 Å². The standard InChI is InChI=1S/C17H20O6/c18-8-13-14(19)15(20)16(21)17(23-13)22-9-10-6-11-4-2-1-3-5-12(11)7-10/h1-7,13-21H,8-9H2/t13-,14-,15+,16-,17?/m1/s1. The van der Waals surface area contributed by atoms with Crippen LogP contribution in [0.2, 0.25) is 0 Å². The van der Waals surface area contributed by atoms with Gasteiger partial charge >= 0.3 is 0 Å². The topological polar surface area (TPSA) is 99.4 Å². The number of aliphatic hydroxyl groups is 4. The summed E-state index contributed by atoms with van der Waals surface area (Å²) in [6.07, 6.45) is -6.26. The Labute approximate surface area is 133 Å². The molecule has 5 atom stereocenters. The van der Waals surface area contributed by atoms with Crippen LogP contribution >= 0.6 is 0 Å². The van der Waals surface area contributed by atoms with Crippen molar-refractivity contribution < 1.29 is 29.9 Å². The fourth-order valence-corrected chi connectivity index (χ4v) is 2.75. The molecule has 124 valence electrons. The Balaban J connectivity index is 1.68. The van der Waals surface area contributed by atoms with Gasteiger partial charge in [-0.15, -0.1) is 0 Å². The van der Waals surface area contributed by atoms with E-state index in [2.05, 4.69) is 0 Å². The molecule has 4 N–H and O–H groups in total. The molecule has 2 aliphatic carbocycles. The van der Waals surface area contributed by atoms with Gasteiger partial charge in [0.15, 0.2) is 6.29 Å². The summed E-state index contributed by atoms with van der Waals surface area (Å²) in [5.41, 5.74) is 3.05. The molecule has 1 saturated heterocycles. The molecule has 6 heteroatoms. The van der Waals surface area contributed by atoms with Crippen LogP contribution in [0.5, 0.6) is 0 Å². The van der Waals surface area contributed by atoms with Crippen molar-refractivity contribution in [1.82, 2.24) is 0 Å². The number of rotatable bonds is 4. The molecule has 0 aromatic heterocycles. The molecule has 0 spiro atoms. The van der Waals surface area contributed by atoms with Crippen LogP contribution in [0.1, 0.15) is 5.56 Å². The van der Waals surface area contributed by atoms with Crippen molar-refractivity contribution in [2.24, 2.45) is 0 Å². The lowest BCUT2D eigenvalue weighted by atomic mass is 9.99. The Kier molecular flexibility index (Phi) is 4.91. The van der Waals surface area contributed by atoms with Gasteiger partial charge in [0.1, 0.15) is 24.4 Å². The maximum atomic E-state index is 9.93. The van der Waals surface area contributed by atoms with Gasteiger partial charge in [-0.05, 0) is 28.8 Å². The van der Waals surface area contributed by atoms with Gasteiger partial charge in [-0.25, -0.2) is 0 Å². The van der Waals surface area contributed by atoms with Crippen LogP contribution in [0.3, 0.4) is 0 Å². The summed E-state index contributed by atoms with van der Waals surface area (Å²) >= 11 is 0. The van der Waals surface area contributed by atoms with Gasteiger partial charge in [-0.2, -0.15) is 0 Å². The summed E-state index contributed by atoms with van der Waals surface area (Å²) in [6.45, 7) is -0.289. The van der Waals surface area contributed by atoms with Crippen LogP contribution in [0.4, 0.5) is 0 Å². The SMILES string of the molecule is OC[C@H]1OC(OCc2cc3cccccc-3c2)[C@H](O)[C@@H](O)[C@@H]1O. The van der Waals surface area contributed by atoms with Gasteiger partial charge in [0.2, 0.25) is 0 Å². The van der Waals surface area contributed by atoms with Gasteiger partial charge in [0, 0.05) is 0 Å². The highest BCUT2D eigenvalue weighted by atomic mass is 16.7. The molecule has 23 heavy (non-hydrogen) atoms. The van der Waals surface area contributed by atoms with E-state index in [1.54, 1.807) is 0 Å². The molecule has 0 aromatic rings. The third-order valence-corrected chi connectivity index (χ3v) is 4.05. The summed E-state index contributed by atoms with van der Waals surface area (Å²) in [6, 6.07) is 13.8. The normalized spacial score (nSPS) is 31.4. The second kappa shape index (κ2) is 6.92. The fraction of sp³-hybridized carbons (Fsp3) is 0.412. The summed E-state index contributed by atoms with van der Waals surface area (Å²) in [5.74, 6) is 0. The number of hydrogen-bond donors (Lipinski definition) is 4. The average molecular weight is 320 g/mol. The predicted molar refractivity (Wildman–Crippen MR) is 81.6 cm³/mol. The molecular formula is C17H20O6. The van der Waals surface area contributed by atoms with E-state index in [0.29, 0.717) is 0 Å². The number of fused-ring (bicyclic) bond motifs is 1. The molecular weight excluding hydrogens is 300 g/mol. The minimum absolute atomic E-state index is 0.182. The molecule has 1 fully saturated rings. The molecule has 0 saturated carbocycles. The van der Waals surface area contributed by atoms with Crippen LogP contribution in [0.15, 0.2) is 42.5 Å². The maximum Gasteiger partial charge on any atom is 0.187 e. The Morgan fingerprint density at radius 1 is 0.913 bits per heavy atom. The quantitative estimate of drug-likeness (QED) is 0.638. The van der Waals surface area contributed by atoms with E-state index in [-0.39, 0.29) is 6.61 Å². The van der Waals surface area contributed by atoms with Gasteiger partial charge in [0.25, 0.3) is 0 Å². The van der Waals surface area contributed by atoms with E-state index in [0.717, 1.165) is 16.7 Å². The zero-order valence-corrected chi connectivity index (χ0v) is 12.4. The van der Waals surface area contributed by atoms with Crippen LogP contribution < -0.4 is 0 Å². The largest absolute Gasteiger partial charge is 0.394 e. The first kappa shape index (κ1) is 16.3. The molecule has 3 rings (SSSR count). The van der Waals surface area contributed by atoms with Gasteiger partial charge < -0.3 is 29.9 Å². The van der Waals surface area contributed by atoms with E-state index in [1.807, 2.05) is 42.5 Å². The molecule has 1 unspecified atom stereocenters. The summed E-state index contributed by atoms with van der Waals surface area (Å²) in [5, 5.41) is 38.6. The van der Waals surface area contributed by atoms with Crippen molar-refractivity contribution in [3.63, 3.8) is 0 Å². The lowest BCUT2D eigenvalue weighted by molar-refractivity contribution is -0.304. The molecule has 6 nitrogen and oxygen atoms in total. The first-order chi connectivity index (χ1) is 11.1. The Bertz CT molecular complexity index is 585. The lowest BCUT2D eigenvalue weighted by Gasteiger charge is -2.39. The van der Waals surface area contributed by atoms with Crippen molar-refractivity contribution in [3.8, 4) is 11.1 Å². The first-order valence-corrected chi connectivity index (χ1v) is 7.50. The average Bonchev–Trinajstić information content (AvgIpc) is 2.81. The van der Waals surface area contributed by atoms with E-state index in [4.69, 9.17) is 14.6 Å². The highest BCUT2D eigenvalue weighted by Crippen LogP contribution is 2.27. The van der Waals surface area contributed by atoms with E-state index in [1.165, 1.54) is 0 Å². The van der Waals surface area contributed by atoms with Crippen molar-refractivity contribution in [2.75, 3.05) is 6.61 Å². The predicted octanol–water partition coefficient (Wildman–Crippen LogP) is 0.108. The Morgan fingerprint density at radius 2 is 1.57 bits per heavy atom. The fourth-order valence-electron chi connectivity index (χ4n) is 2.75. The summed E-state index contributed by atoms with van der Waals surface area (Å²) in [4.78, 5) is 0. The number of ether oxygens (including phenoxy) is 2. The van der Waals surface area contributed by atoms with Crippen LogP contribution in [-0.4, -0.2) is 57.7 Å². The molecule has 1 heterocycles. The minimum atomic E-state index is -1.43. The second-order valence-electron chi connectivity index (χ2n) is 5.69. The molecule has 0 bridgehead atoms. The summed E-state index contributed by atoms with van der Waals surface area (Å²) < 4.78 is 10.8. The zero-order valence-electron chi connectivity index (χ0n) is 12.4. The first-order valence-electron chi connectivity index (χ1n) is 7.50. The lowest BCUT2D eigenvalue weighted by Crippen LogP contribution is -2.59. The van der Waals surface area contributed by atoms with Crippen molar-refractivity contribution in [2.45, 2.75) is 37.3 Å². The van der Waals surface area contributed by atoms with Crippen LogP contribution in [-0.2, 0) is 16.1 Å².